The van der Waals surface area contributed by atoms with Crippen molar-refractivity contribution in [2.75, 3.05) is 11.9 Å². The number of rotatable bonds is 7. The average molecular weight is 561 g/mol. The van der Waals surface area contributed by atoms with Gasteiger partial charge < -0.3 is 25.5 Å². The molecule has 9 nitrogen and oxygen atoms in total. The second-order valence-corrected chi connectivity index (χ2v) is 9.58. The molecule has 0 aliphatic heterocycles. The molecule has 2 aromatic carbocycles. The maximum Gasteiger partial charge on any atom is 0.490 e. The highest BCUT2D eigenvalue weighted by Crippen LogP contribution is 2.37. The van der Waals surface area contributed by atoms with Crippen LogP contribution in [-0.2, 0) is 9.53 Å². The number of benzene rings is 2. The molecule has 0 saturated heterocycles. The minimum atomic E-state index is -5.23. The normalized spacial score (nSPS) is 21.4. The summed E-state index contributed by atoms with van der Waals surface area (Å²) in [7, 11) is 0. The number of aliphatic hydroxyl groups is 1. The van der Waals surface area contributed by atoms with E-state index in [2.05, 4.69) is 25.0 Å². The maximum atomic E-state index is 12.9. The topological polar surface area (TPSA) is 128 Å². The molecule has 1 aliphatic rings. The van der Waals surface area contributed by atoms with Crippen molar-refractivity contribution in [2.45, 2.75) is 42.8 Å². The number of nitrogens with zero attached hydrogens (tertiary/aromatic N) is 4. The van der Waals surface area contributed by atoms with Gasteiger partial charge in [-0.3, -0.25) is 0 Å². The highest BCUT2D eigenvalue weighted by atomic mass is 35.5. The fraction of sp³-hybridized carbons (Fsp3) is 0.308. The Labute approximate surface area is 225 Å². The van der Waals surface area contributed by atoms with E-state index in [1.54, 1.807) is 0 Å². The number of esters is 1. The molecule has 0 bridgehead atoms. The largest absolute Gasteiger partial charge is 0.490 e. The number of halogens is 4. The molecule has 2 aromatic heterocycles. The van der Waals surface area contributed by atoms with Gasteiger partial charge in [0.15, 0.2) is 23.1 Å². The summed E-state index contributed by atoms with van der Waals surface area (Å²) in [5.41, 5.74) is 8.55. The van der Waals surface area contributed by atoms with E-state index in [1.165, 1.54) is 10.9 Å². The third-order valence-electron chi connectivity index (χ3n) is 6.77. The van der Waals surface area contributed by atoms with Crippen LogP contribution < -0.4 is 11.1 Å². The first-order chi connectivity index (χ1) is 18.6. The van der Waals surface area contributed by atoms with Crippen LogP contribution in [0.1, 0.15) is 29.5 Å². The van der Waals surface area contributed by atoms with Gasteiger partial charge in [0.05, 0.1) is 12.4 Å². The van der Waals surface area contributed by atoms with Crippen LogP contribution >= 0.6 is 11.6 Å². The van der Waals surface area contributed by atoms with E-state index in [0.717, 1.165) is 11.1 Å². The zero-order valence-corrected chi connectivity index (χ0v) is 21.0. The number of nitrogens with one attached hydrogen (secondary N) is 1. The van der Waals surface area contributed by atoms with Crippen molar-refractivity contribution in [3.05, 3.63) is 83.4 Å². The molecule has 1 aliphatic carbocycles. The monoisotopic (exact) mass is 560 g/mol. The Morgan fingerprint density at radius 1 is 1.13 bits per heavy atom. The van der Waals surface area contributed by atoms with Gasteiger partial charge >= 0.3 is 12.1 Å². The number of fused-ring (bicyclic) bond motifs is 1. The molecule has 39 heavy (non-hydrogen) atoms. The highest BCUT2D eigenvalue weighted by molar-refractivity contribution is 6.28. The summed E-state index contributed by atoms with van der Waals surface area (Å²) in [6.07, 6.45) is -6.98. The van der Waals surface area contributed by atoms with Gasteiger partial charge in [-0.05, 0) is 29.1 Å². The zero-order valence-electron chi connectivity index (χ0n) is 20.3. The van der Waals surface area contributed by atoms with Gasteiger partial charge in [-0.25, -0.2) is 9.78 Å². The standard InChI is InChI=1S/C26H24ClF3N6O3/c27-25-34-22(32-12-16(14-7-3-1-4-8-14)15-9-5-2-6-10-15)19-23(35-25)36(13-33-19)18-11-17(31)20(37)21(18)39-24(38)26(28,29)30/h1-10,13,16-18,20-21,37H,11-12,31H2,(H,32,34,35)/t17-,18?,20+,21-/m0/s1. The Bertz CT molecular complexity index is 1410. The maximum absolute atomic E-state index is 12.9. The quantitative estimate of drug-likeness (QED) is 0.230. The van der Waals surface area contributed by atoms with Gasteiger partial charge in [0, 0.05) is 18.5 Å². The summed E-state index contributed by atoms with van der Waals surface area (Å²) in [5.74, 6) is -2.15. The Hall–Kier alpha value is -3.74. The predicted molar refractivity (Wildman–Crippen MR) is 137 cm³/mol. The lowest BCUT2D eigenvalue weighted by molar-refractivity contribution is -0.209. The average Bonchev–Trinajstić information content (AvgIpc) is 3.45. The number of imidazole rings is 1. The first-order valence-electron chi connectivity index (χ1n) is 12.1. The zero-order chi connectivity index (χ0) is 27.7. The van der Waals surface area contributed by atoms with E-state index < -0.39 is 36.4 Å². The Morgan fingerprint density at radius 2 is 1.74 bits per heavy atom. The van der Waals surface area contributed by atoms with Crippen LogP contribution in [0, 0.1) is 0 Å². The van der Waals surface area contributed by atoms with Gasteiger partial charge in [0.25, 0.3) is 0 Å². The number of carbonyl (C=O) groups excluding carboxylic acids is 1. The Morgan fingerprint density at radius 3 is 2.33 bits per heavy atom. The number of hydrogen-bond donors (Lipinski definition) is 3. The SMILES string of the molecule is N[C@H]1CC(n2cnc3c(NCC(c4ccccc4)c4ccccc4)nc(Cl)nc32)[C@H](OC(=O)C(F)(F)F)[C@@H]1O. The highest BCUT2D eigenvalue weighted by Gasteiger charge is 2.50. The fourth-order valence-electron chi connectivity index (χ4n) is 4.89. The van der Waals surface area contributed by atoms with Crippen molar-refractivity contribution in [1.29, 1.82) is 0 Å². The Balaban J connectivity index is 1.46. The third-order valence-corrected chi connectivity index (χ3v) is 6.94. The smallest absolute Gasteiger partial charge is 0.451 e. The molecule has 204 valence electrons. The van der Waals surface area contributed by atoms with E-state index >= 15 is 0 Å². The Kier molecular flexibility index (Phi) is 7.43. The molecule has 2 heterocycles. The van der Waals surface area contributed by atoms with E-state index in [0.29, 0.717) is 17.9 Å². The number of anilines is 1. The molecular formula is C26H24ClF3N6O3. The summed E-state index contributed by atoms with van der Waals surface area (Å²) < 4.78 is 44.7. The second-order valence-electron chi connectivity index (χ2n) is 9.25. The predicted octanol–water partition coefficient (Wildman–Crippen LogP) is 3.83. The molecular weight excluding hydrogens is 537 g/mol. The van der Waals surface area contributed by atoms with Crippen LogP contribution in [-0.4, -0.2) is 61.6 Å². The van der Waals surface area contributed by atoms with E-state index in [4.69, 9.17) is 17.3 Å². The molecule has 4 atom stereocenters. The van der Waals surface area contributed by atoms with E-state index in [9.17, 15) is 23.1 Å². The molecule has 0 amide bonds. The van der Waals surface area contributed by atoms with Crippen LogP contribution in [0.25, 0.3) is 11.2 Å². The number of hydrogen-bond acceptors (Lipinski definition) is 8. The van der Waals surface area contributed by atoms with E-state index in [-0.39, 0.29) is 23.3 Å². The molecule has 0 radical (unpaired) electrons. The lowest BCUT2D eigenvalue weighted by Crippen LogP contribution is -2.41. The van der Waals surface area contributed by atoms with Gasteiger partial charge in [-0.1, -0.05) is 60.7 Å². The molecule has 5 rings (SSSR count). The first kappa shape index (κ1) is 26.9. The van der Waals surface area contributed by atoms with Crippen molar-refractivity contribution in [3.8, 4) is 0 Å². The fourth-order valence-corrected chi connectivity index (χ4v) is 5.05. The molecule has 1 saturated carbocycles. The second kappa shape index (κ2) is 10.8. The summed E-state index contributed by atoms with van der Waals surface area (Å²) in [6.45, 7) is 0.419. The molecule has 4 aromatic rings. The summed E-state index contributed by atoms with van der Waals surface area (Å²) >= 11 is 6.24. The van der Waals surface area contributed by atoms with Gasteiger partial charge in [0.2, 0.25) is 5.28 Å². The van der Waals surface area contributed by atoms with Crippen LogP contribution in [0.5, 0.6) is 0 Å². The lowest BCUT2D eigenvalue weighted by Gasteiger charge is -2.24. The number of carbonyl (C=O) groups is 1. The third kappa shape index (κ3) is 5.54. The molecule has 4 N–H and O–H groups in total. The molecule has 1 unspecified atom stereocenters. The summed E-state index contributed by atoms with van der Waals surface area (Å²) in [4.78, 5) is 24.4. The van der Waals surface area contributed by atoms with Crippen LogP contribution in [0.3, 0.4) is 0 Å². The van der Waals surface area contributed by atoms with Crippen molar-refractivity contribution in [3.63, 3.8) is 0 Å². The van der Waals surface area contributed by atoms with Crippen molar-refractivity contribution in [2.24, 2.45) is 5.73 Å². The van der Waals surface area contributed by atoms with Crippen LogP contribution in [0.2, 0.25) is 5.28 Å². The minimum absolute atomic E-state index is 0.0108. The van der Waals surface area contributed by atoms with Gasteiger partial charge in [-0.2, -0.15) is 23.1 Å². The van der Waals surface area contributed by atoms with Crippen LogP contribution in [0.4, 0.5) is 19.0 Å². The van der Waals surface area contributed by atoms with Gasteiger partial charge in [0.1, 0.15) is 6.10 Å². The number of alkyl halides is 3. The summed E-state index contributed by atoms with van der Waals surface area (Å²) in [6, 6.07) is 17.9. The van der Waals surface area contributed by atoms with Crippen molar-refractivity contribution in [1.82, 2.24) is 19.5 Å². The van der Waals surface area contributed by atoms with Crippen LogP contribution in [0.15, 0.2) is 67.0 Å². The molecule has 0 spiro atoms. The van der Waals surface area contributed by atoms with Crippen molar-refractivity contribution < 1.29 is 27.8 Å². The van der Waals surface area contributed by atoms with E-state index in [1.807, 2.05) is 60.7 Å². The lowest BCUT2D eigenvalue weighted by atomic mass is 9.91. The number of nitrogens with two attached hydrogens (primary N) is 1. The number of ether oxygens (including phenoxy) is 1. The number of aliphatic hydroxyl groups excluding tert-OH is 1. The first-order valence-corrected chi connectivity index (χ1v) is 12.5. The van der Waals surface area contributed by atoms with Crippen molar-refractivity contribution >= 4 is 34.6 Å². The number of aromatic nitrogens is 4. The molecule has 13 heteroatoms. The minimum Gasteiger partial charge on any atom is -0.451 e. The molecule has 1 fully saturated rings. The van der Waals surface area contributed by atoms with Gasteiger partial charge in [-0.15, -0.1) is 0 Å². The summed E-state index contributed by atoms with van der Waals surface area (Å²) in [5, 5.41) is 13.6.